The summed E-state index contributed by atoms with van der Waals surface area (Å²) in [6, 6.07) is 0. The van der Waals surface area contributed by atoms with Crippen molar-refractivity contribution in [2.24, 2.45) is 0 Å². The molecule has 0 fully saturated rings. The van der Waals surface area contributed by atoms with E-state index in [9.17, 15) is 0 Å². The van der Waals surface area contributed by atoms with Gasteiger partial charge in [-0.05, 0) is 6.16 Å². The van der Waals surface area contributed by atoms with Crippen LogP contribution in [0.15, 0.2) is 0 Å². The zero-order chi connectivity index (χ0) is 21.6. The van der Waals surface area contributed by atoms with Crippen LogP contribution in [0.2, 0.25) is 0 Å². The van der Waals surface area contributed by atoms with Gasteiger partial charge in [0.1, 0.15) is 0 Å². The lowest BCUT2D eigenvalue weighted by molar-refractivity contribution is -0.849. The van der Waals surface area contributed by atoms with Crippen molar-refractivity contribution in [1.82, 2.24) is 0 Å². The van der Waals surface area contributed by atoms with Crippen LogP contribution in [0, 0.1) is 0 Å². The van der Waals surface area contributed by atoms with Crippen molar-refractivity contribution in [3.63, 3.8) is 0 Å². The van der Waals surface area contributed by atoms with Gasteiger partial charge in [-0.25, -0.2) is 0 Å². The van der Waals surface area contributed by atoms with Gasteiger partial charge < -0.3 is 77.2 Å². The molecule has 0 saturated carbocycles. The van der Waals surface area contributed by atoms with Crippen molar-refractivity contribution in [1.29, 1.82) is 0 Å². The van der Waals surface area contributed by atoms with E-state index in [-0.39, 0.29) is 0 Å². The van der Waals surface area contributed by atoms with Crippen LogP contribution in [-0.4, -0.2) is 38.8 Å². The van der Waals surface area contributed by atoms with Crippen molar-refractivity contribution >= 4 is 29.6 Å². The first-order chi connectivity index (χ1) is 9.73. The third-order valence-electron chi connectivity index (χ3n) is 0. The first kappa shape index (κ1) is 34.8. The number of carboxylic acid groups (broad SMARTS) is 2. The highest BCUT2D eigenvalue weighted by Gasteiger charge is 1.88. The van der Waals surface area contributed by atoms with Crippen LogP contribution < -0.4 is 54.3 Å². The van der Waals surface area contributed by atoms with Gasteiger partial charge in [-0.3, -0.25) is 0 Å². The minimum atomic E-state index is -5.39. The van der Waals surface area contributed by atoms with E-state index >= 15 is 0 Å². The number of nitrogens with zero attached hydrogens (tertiary/aromatic N) is 1. The quantitative estimate of drug-likeness (QED) is 0.260. The standard InChI is InChI=1S/C4H12N.CH2O3.3H3O4P/c1-5(2,3)4;2-1(3)4;3*1-5(2,3)4/h1-4H3;(H2,2,3,4);3*(H3,1,2,3,4)/q+1;;;;/p-11. The molecular formula is C5H12NO15P3-10. The average molecular weight is 419 g/mol. The number of hydrogen-bond acceptors (Lipinski definition) is 15. The summed E-state index contributed by atoms with van der Waals surface area (Å²) in [6.45, 7) is 0. The largest absolute Gasteiger partial charge is 0.822 e. The number of quaternary nitrogens is 1. The van der Waals surface area contributed by atoms with Crippen LogP contribution in [0.4, 0.5) is 4.79 Å². The summed E-state index contributed by atoms with van der Waals surface area (Å²) < 4.78 is 26.6. The van der Waals surface area contributed by atoms with Crippen LogP contribution >= 0.6 is 23.5 Å². The van der Waals surface area contributed by atoms with Gasteiger partial charge in [0.05, 0.1) is 28.2 Å². The number of carbonyl (C=O) groups is 1. The van der Waals surface area contributed by atoms with E-state index in [1.54, 1.807) is 0 Å². The molecule has 0 aliphatic heterocycles. The third-order valence-corrected chi connectivity index (χ3v) is 0. The van der Waals surface area contributed by atoms with Gasteiger partial charge >= 0.3 is 0 Å². The Balaban J connectivity index is -0.0000000628. The zero-order valence-electron chi connectivity index (χ0n) is 12.4. The predicted molar refractivity (Wildman–Crippen MR) is 52.2 cm³/mol. The van der Waals surface area contributed by atoms with E-state index in [1.807, 2.05) is 0 Å². The fourth-order valence-electron chi connectivity index (χ4n) is 0. The molecule has 0 saturated heterocycles. The summed E-state index contributed by atoms with van der Waals surface area (Å²) in [5.74, 6) is 0. The summed E-state index contributed by atoms with van der Waals surface area (Å²) >= 11 is 0. The first-order valence-electron chi connectivity index (χ1n) is 4.59. The first-order valence-corrected chi connectivity index (χ1v) is 8.97. The van der Waals surface area contributed by atoms with E-state index in [1.165, 1.54) is 0 Å². The second-order valence-corrected chi connectivity index (χ2v) is 6.96. The van der Waals surface area contributed by atoms with E-state index in [4.69, 9.17) is 72.7 Å². The molecule has 0 aliphatic carbocycles. The molecule has 0 aromatic carbocycles. The maximum absolute atomic E-state index is 8.55. The molecule has 0 aromatic rings. The van der Waals surface area contributed by atoms with Crippen LogP contribution in [-0.2, 0) is 13.7 Å². The van der Waals surface area contributed by atoms with Crippen molar-refractivity contribution < 1.29 is 77.2 Å². The summed E-state index contributed by atoms with van der Waals surface area (Å²) in [5.41, 5.74) is 0. The Morgan fingerprint density at radius 1 is 0.583 bits per heavy atom. The van der Waals surface area contributed by atoms with Gasteiger partial charge in [0, 0.05) is 0 Å². The minimum absolute atomic E-state index is 1.00. The van der Waals surface area contributed by atoms with Gasteiger partial charge in [0.15, 0.2) is 0 Å². The lowest BCUT2D eigenvalue weighted by atomic mass is 10.8. The molecule has 19 heteroatoms. The molecule has 0 unspecified atom stereocenters. The number of carbonyl (C=O) groups excluding carboxylic acids is 1. The van der Waals surface area contributed by atoms with Crippen LogP contribution in [0.3, 0.4) is 0 Å². The average Bonchev–Trinajstić information content (AvgIpc) is 1.82. The van der Waals surface area contributed by atoms with Gasteiger partial charge in [-0.2, -0.15) is 23.5 Å². The maximum Gasteiger partial charge on any atom is 0.0675 e. The van der Waals surface area contributed by atoms with Crippen molar-refractivity contribution in [3.8, 4) is 0 Å². The summed E-state index contributed by atoms with van der Waals surface area (Å²) in [6.07, 6.45) is -2.33. The molecule has 0 bridgehead atoms. The second kappa shape index (κ2) is 14.9. The highest BCUT2D eigenvalue weighted by atomic mass is 31.2. The minimum Gasteiger partial charge on any atom is -0.822 e. The molecule has 0 rings (SSSR count). The summed E-state index contributed by atoms with van der Waals surface area (Å²) in [7, 11) is -7.67. The molecule has 24 heavy (non-hydrogen) atoms. The molecule has 152 valence electrons. The van der Waals surface area contributed by atoms with Crippen molar-refractivity contribution in [2.75, 3.05) is 28.2 Å². The van der Waals surface area contributed by atoms with E-state index in [0.717, 1.165) is 4.48 Å². The Hall–Kier alpha value is -0.440. The Kier molecular flexibility index (Phi) is 21.6. The number of hydrogen-bond donors (Lipinski definition) is 0. The predicted octanol–water partition coefficient (Wildman–Crippen LogP) is -10.6. The summed E-state index contributed by atoms with van der Waals surface area (Å²) in [4.78, 5) is 85.3. The van der Waals surface area contributed by atoms with Crippen molar-refractivity contribution in [3.05, 3.63) is 0 Å². The van der Waals surface area contributed by atoms with Crippen LogP contribution in [0.1, 0.15) is 0 Å². The van der Waals surface area contributed by atoms with Crippen LogP contribution in [0.25, 0.3) is 0 Å². The topological polar surface area (TPSA) is 322 Å². The second-order valence-electron chi connectivity index (χ2n) is 4.27. The Morgan fingerprint density at radius 3 is 0.583 bits per heavy atom. The molecular weight excluding hydrogens is 407 g/mol. The normalized spacial score (nSPS) is 10.9. The Bertz CT molecular complexity index is 356. The van der Waals surface area contributed by atoms with Crippen molar-refractivity contribution in [2.45, 2.75) is 0 Å². The van der Waals surface area contributed by atoms with E-state index in [2.05, 4.69) is 28.2 Å². The Morgan fingerprint density at radius 2 is 0.583 bits per heavy atom. The lowest BCUT2D eigenvalue weighted by Gasteiger charge is -2.36. The molecule has 0 heterocycles. The molecule has 0 aromatic heterocycles. The van der Waals surface area contributed by atoms with Gasteiger partial charge in [-0.1, -0.05) is 0 Å². The molecule has 0 atom stereocenters. The van der Waals surface area contributed by atoms with Gasteiger partial charge in [-0.15, -0.1) is 0 Å². The molecule has 0 radical (unpaired) electrons. The molecule has 16 nitrogen and oxygen atoms in total. The lowest BCUT2D eigenvalue weighted by Crippen LogP contribution is -2.37. The van der Waals surface area contributed by atoms with Crippen LogP contribution in [0.5, 0.6) is 0 Å². The maximum atomic E-state index is 8.55. The highest BCUT2D eigenvalue weighted by molar-refractivity contribution is 7.40. The third kappa shape index (κ3) is 47100. The fourth-order valence-corrected chi connectivity index (χ4v) is 0. The Labute approximate surface area is 136 Å². The van der Waals surface area contributed by atoms with Gasteiger partial charge in [0.2, 0.25) is 0 Å². The summed E-state index contributed by atoms with van der Waals surface area (Å²) in [5, 5.41) is 16.7. The zero-order valence-corrected chi connectivity index (χ0v) is 15.1. The molecule has 0 aliphatic rings. The molecule has 0 N–H and O–H groups in total. The number of phosphoric acid groups is 3. The van der Waals surface area contributed by atoms with Gasteiger partial charge in [0.25, 0.3) is 0 Å². The fraction of sp³-hybridized carbons (Fsp3) is 0.800. The van der Waals surface area contributed by atoms with E-state index < -0.39 is 29.6 Å². The monoisotopic (exact) mass is 419 g/mol. The highest BCUT2D eigenvalue weighted by Crippen LogP contribution is 2.04. The molecule has 0 amide bonds. The smallest absolute Gasteiger partial charge is 0.0675 e. The van der Waals surface area contributed by atoms with E-state index in [0.29, 0.717) is 0 Å². The number of rotatable bonds is 0. The molecule has 0 spiro atoms. The SMILES string of the molecule is C[N+](C)(C)C.O=C([O-])[O-].O=P([O-])([O-])[O-].O=P([O-])([O-])[O-].O=P([O-])([O-])[O-].